The van der Waals surface area contributed by atoms with Crippen LogP contribution in [0.1, 0.15) is 0 Å². The molecule has 0 atom stereocenters. The van der Waals surface area contributed by atoms with E-state index in [2.05, 4.69) is 31.4 Å². The molecule has 1 amide bonds. The second-order valence-electron chi connectivity index (χ2n) is 5.00. The molecule has 26 heavy (non-hydrogen) atoms. The molecular formula is C16H11BrN4O4S. The molecule has 3 aromatic rings. The number of anilines is 1. The van der Waals surface area contributed by atoms with Gasteiger partial charge in [-0.1, -0.05) is 30.0 Å². The number of non-ortho nitro benzene ring substituents is 1. The Bertz CT molecular complexity index is 963. The van der Waals surface area contributed by atoms with E-state index in [0.29, 0.717) is 11.6 Å². The molecule has 0 fully saturated rings. The number of nitro benzene ring substituents is 1. The Kier molecular flexibility index (Phi) is 5.64. The van der Waals surface area contributed by atoms with E-state index in [-0.39, 0.29) is 22.6 Å². The molecule has 2 aromatic carbocycles. The largest absolute Gasteiger partial charge is 0.411 e. The summed E-state index contributed by atoms with van der Waals surface area (Å²) in [6, 6.07) is 13.1. The number of nitro groups is 1. The average Bonchev–Trinajstić information content (AvgIpc) is 3.09. The first kappa shape index (κ1) is 18.1. The first-order valence-electron chi connectivity index (χ1n) is 7.28. The summed E-state index contributed by atoms with van der Waals surface area (Å²) in [5, 5.41) is 21.5. The quantitative estimate of drug-likeness (QED) is 0.352. The van der Waals surface area contributed by atoms with Crippen molar-refractivity contribution in [3.63, 3.8) is 0 Å². The van der Waals surface area contributed by atoms with E-state index in [9.17, 15) is 14.9 Å². The number of halogens is 1. The number of hydrogen-bond donors (Lipinski definition) is 1. The van der Waals surface area contributed by atoms with Crippen molar-refractivity contribution >= 4 is 45.0 Å². The number of thioether (sulfide) groups is 1. The van der Waals surface area contributed by atoms with Gasteiger partial charge in [0.2, 0.25) is 11.8 Å². The molecule has 3 rings (SSSR count). The third kappa shape index (κ3) is 4.46. The van der Waals surface area contributed by atoms with Gasteiger partial charge in [-0.3, -0.25) is 14.9 Å². The summed E-state index contributed by atoms with van der Waals surface area (Å²) in [6.45, 7) is 0. The molecular weight excluding hydrogens is 424 g/mol. The highest BCUT2D eigenvalue weighted by Crippen LogP contribution is 2.29. The molecule has 0 radical (unpaired) electrons. The molecule has 1 aromatic heterocycles. The average molecular weight is 435 g/mol. The van der Waals surface area contributed by atoms with Crippen LogP contribution < -0.4 is 5.32 Å². The van der Waals surface area contributed by atoms with Crippen LogP contribution in [0.5, 0.6) is 0 Å². The van der Waals surface area contributed by atoms with Gasteiger partial charge in [-0.2, -0.15) is 0 Å². The van der Waals surface area contributed by atoms with E-state index >= 15 is 0 Å². The summed E-state index contributed by atoms with van der Waals surface area (Å²) < 4.78 is 6.37. The number of benzene rings is 2. The third-order valence-electron chi connectivity index (χ3n) is 3.18. The summed E-state index contributed by atoms with van der Waals surface area (Å²) in [4.78, 5) is 22.2. The number of rotatable bonds is 6. The van der Waals surface area contributed by atoms with E-state index in [0.717, 1.165) is 21.8 Å². The zero-order chi connectivity index (χ0) is 18.5. The number of carbonyl (C=O) groups excluding carboxylic acids is 1. The lowest BCUT2D eigenvalue weighted by atomic mass is 10.2. The fraction of sp³-hybridized carbons (Fsp3) is 0.0625. The number of aromatic nitrogens is 2. The fourth-order valence-corrected chi connectivity index (χ4v) is 3.05. The molecule has 1 heterocycles. The number of amides is 1. The lowest BCUT2D eigenvalue weighted by Gasteiger charge is -2.03. The van der Waals surface area contributed by atoms with Crippen LogP contribution in [0, 0.1) is 10.1 Å². The maximum Gasteiger partial charge on any atom is 0.277 e. The van der Waals surface area contributed by atoms with Crippen LogP contribution in [-0.4, -0.2) is 26.8 Å². The van der Waals surface area contributed by atoms with Gasteiger partial charge in [0, 0.05) is 22.3 Å². The van der Waals surface area contributed by atoms with Gasteiger partial charge in [-0.15, -0.1) is 10.2 Å². The highest BCUT2D eigenvalue weighted by atomic mass is 79.9. The number of nitrogens with zero attached hydrogens (tertiary/aromatic N) is 3. The molecule has 132 valence electrons. The van der Waals surface area contributed by atoms with Crippen LogP contribution in [0.25, 0.3) is 11.5 Å². The zero-order valence-electron chi connectivity index (χ0n) is 13.1. The van der Waals surface area contributed by atoms with Crippen molar-refractivity contribution in [2.45, 2.75) is 5.22 Å². The summed E-state index contributed by atoms with van der Waals surface area (Å²) in [5.41, 5.74) is 1.02. The van der Waals surface area contributed by atoms with Crippen molar-refractivity contribution < 1.29 is 14.1 Å². The highest BCUT2D eigenvalue weighted by Gasteiger charge is 2.14. The second-order valence-corrected chi connectivity index (χ2v) is 6.78. The maximum atomic E-state index is 12.0. The summed E-state index contributed by atoms with van der Waals surface area (Å²) >= 11 is 4.49. The van der Waals surface area contributed by atoms with Crippen molar-refractivity contribution in [1.29, 1.82) is 0 Å². The first-order valence-corrected chi connectivity index (χ1v) is 9.06. The topological polar surface area (TPSA) is 111 Å². The van der Waals surface area contributed by atoms with Gasteiger partial charge in [0.25, 0.3) is 10.9 Å². The molecule has 0 aliphatic carbocycles. The van der Waals surface area contributed by atoms with Crippen molar-refractivity contribution in [2.24, 2.45) is 0 Å². The Morgan fingerprint density at radius 1 is 1.23 bits per heavy atom. The van der Waals surface area contributed by atoms with Gasteiger partial charge >= 0.3 is 0 Å². The molecule has 0 saturated heterocycles. The lowest BCUT2D eigenvalue weighted by Crippen LogP contribution is -2.14. The molecule has 10 heteroatoms. The van der Waals surface area contributed by atoms with Crippen molar-refractivity contribution in [1.82, 2.24) is 10.2 Å². The van der Waals surface area contributed by atoms with Crippen molar-refractivity contribution in [3.05, 3.63) is 63.1 Å². The van der Waals surface area contributed by atoms with Gasteiger partial charge in [0.15, 0.2) is 0 Å². The van der Waals surface area contributed by atoms with Crippen molar-refractivity contribution in [2.75, 3.05) is 11.1 Å². The molecule has 0 aliphatic heterocycles. The third-order valence-corrected chi connectivity index (χ3v) is 4.69. The van der Waals surface area contributed by atoms with Crippen LogP contribution in [0.15, 0.2) is 62.6 Å². The molecule has 0 bridgehead atoms. The Morgan fingerprint density at radius 2 is 2.04 bits per heavy atom. The summed E-state index contributed by atoms with van der Waals surface area (Å²) in [7, 11) is 0. The van der Waals surface area contributed by atoms with Gasteiger partial charge in [-0.05, 0) is 34.1 Å². The Morgan fingerprint density at radius 3 is 2.81 bits per heavy atom. The second kappa shape index (κ2) is 8.11. The van der Waals surface area contributed by atoms with E-state index in [4.69, 9.17) is 4.42 Å². The highest BCUT2D eigenvalue weighted by molar-refractivity contribution is 9.10. The number of nitrogens with one attached hydrogen (secondary N) is 1. The lowest BCUT2D eigenvalue weighted by molar-refractivity contribution is -0.384. The van der Waals surface area contributed by atoms with Crippen LogP contribution >= 0.6 is 27.7 Å². The van der Waals surface area contributed by atoms with Crippen LogP contribution in [-0.2, 0) is 4.79 Å². The molecule has 0 aliphatic rings. The monoisotopic (exact) mass is 434 g/mol. The smallest absolute Gasteiger partial charge is 0.277 e. The minimum Gasteiger partial charge on any atom is -0.411 e. The molecule has 8 nitrogen and oxygen atoms in total. The normalized spacial score (nSPS) is 10.5. The predicted octanol–water partition coefficient (Wildman–Crippen LogP) is 4.14. The molecule has 0 unspecified atom stereocenters. The number of hydrogen-bond acceptors (Lipinski definition) is 7. The minimum absolute atomic E-state index is 0.0281. The standard InChI is InChI=1S/C16H11BrN4O4S/c17-13-7-2-1-6-12(13)15-19-20-16(25-15)26-9-14(22)18-10-4-3-5-11(8-10)21(23)24/h1-8H,9H2,(H,18,22). The number of carbonyl (C=O) groups is 1. The Hall–Kier alpha value is -2.72. The Labute approximate surface area is 160 Å². The Balaban J connectivity index is 1.59. The van der Waals surface area contributed by atoms with E-state index in [1.165, 1.54) is 18.2 Å². The predicted molar refractivity (Wildman–Crippen MR) is 99.9 cm³/mol. The summed E-state index contributed by atoms with van der Waals surface area (Å²) in [6.07, 6.45) is 0. The molecule has 1 N–H and O–H groups in total. The van der Waals surface area contributed by atoms with E-state index < -0.39 is 4.92 Å². The van der Waals surface area contributed by atoms with Crippen LogP contribution in [0.2, 0.25) is 0 Å². The molecule has 0 spiro atoms. The van der Waals surface area contributed by atoms with E-state index in [1.54, 1.807) is 6.07 Å². The van der Waals surface area contributed by atoms with Gasteiger partial charge in [0.1, 0.15) is 0 Å². The maximum absolute atomic E-state index is 12.0. The SMILES string of the molecule is O=C(CSc1nnc(-c2ccccc2Br)o1)Nc1cccc([N+](=O)[O-])c1. The van der Waals surface area contributed by atoms with Gasteiger partial charge < -0.3 is 9.73 Å². The van der Waals surface area contributed by atoms with Crippen LogP contribution in [0.4, 0.5) is 11.4 Å². The molecule has 0 saturated carbocycles. The summed E-state index contributed by atoms with van der Waals surface area (Å²) in [5.74, 6) is 0.0375. The zero-order valence-corrected chi connectivity index (χ0v) is 15.5. The van der Waals surface area contributed by atoms with E-state index in [1.807, 2.05) is 24.3 Å². The van der Waals surface area contributed by atoms with Gasteiger partial charge in [-0.25, -0.2) is 0 Å². The minimum atomic E-state index is -0.522. The first-order chi connectivity index (χ1) is 12.5. The van der Waals surface area contributed by atoms with Gasteiger partial charge in [0.05, 0.1) is 16.2 Å². The van der Waals surface area contributed by atoms with Crippen molar-refractivity contribution in [3.8, 4) is 11.5 Å². The van der Waals surface area contributed by atoms with Crippen LogP contribution in [0.3, 0.4) is 0 Å². The fourth-order valence-electron chi connectivity index (χ4n) is 2.03.